The number of imide groups is 1. The molecule has 2 aromatic rings. The van der Waals surface area contributed by atoms with Crippen LogP contribution < -0.4 is 10.6 Å². The third kappa shape index (κ3) is 4.58. The molecule has 1 atom stereocenters. The second-order valence-corrected chi connectivity index (χ2v) is 6.66. The summed E-state index contributed by atoms with van der Waals surface area (Å²) in [6.07, 6.45) is 0.599. The van der Waals surface area contributed by atoms with E-state index in [4.69, 9.17) is 0 Å². The van der Waals surface area contributed by atoms with Gasteiger partial charge in [-0.3, -0.25) is 19.3 Å². The molecule has 7 heteroatoms. The summed E-state index contributed by atoms with van der Waals surface area (Å²) >= 11 is 0. The molecule has 28 heavy (non-hydrogen) atoms. The van der Waals surface area contributed by atoms with E-state index in [9.17, 15) is 14.4 Å². The van der Waals surface area contributed by atoms with Crippen LogP contribution in [-0.2, 0) is 6.42 Å². The van der Waals surface area contributed by atoms with Crippen LogP contribution in [0.1, 0.15) is 43.6 Å². The van der Waals surface area contributed by atoms with Gasteiger partial charge in [0.15, 0.2) is 0 Å². The molecule has 3 amide bonds. The zero-order valence-corrected chi connectivity index (χ0v) is 16.7. The van der Waals surface area contributed by atoms with E-state index in [-0.39, 0.29) is 36.2 Å². The number of carbonyl (C=O) groups is 3. The van der Waals surface area contributed by atoms with E-state index in [1.165, 1.54) is 11.0 Å². The number of nitrogens with one attached hydrogen (secondary N) is 2. The monoisotopic (exact) mass is 401 g/mol. The van der Waals surface area contributed by atoms with Crippen molar-refractivity contribution >= 4 is 30.1 Å². The fourth-order valence-corrected chi connectivity index (χ4v) is 2.97. The highest BCUT2D eigenvalue weighted by atomic mass is 35.5. The van der Waals surface area contributed by atoms with Crippen LogP contribution in [0.2, 0.25) is 0 Å². The van der Waals surface area contributed by atoms with Crippen LogP contribution in [0.25, 0.3) is 0 Å². The van der Waals surface area contributed by atoms with E-state index < -0.39 is 0 Å². The number of fused-ring (bicyclic) bond motifs is 1. The summed E-state index contributed by atoms with van der Waals surface area (Å²) < 4.78 is 0. The van der Waals surface area contributed by atoms with Crippen molar-refractivity contribution in [2.24, 2.45) is 0 Å². The number of likely N-dealkylation sites (N-methyl/N-ethyl adjacent to an activating group) is 1. The van der Waals surface area contributed by atoms with Crippen molar-refractivity contribution in [2.45, 2.75) is 19.4 Å². The van der Waals surface area contributed by atoms with Gasteiger partial charge in [0.05, 0.1) is 11.1 Å². The highest BCUT2D eigenvalue weighted by molar-refractivity contribution is 6.22. The van der Waals surface area contributed by atoms with Crippen molar-refractivity contribution in [1.82, 2.24) is 15.5 Å². The van der Waals surface area contributed by atoms with E-state index in [0.717, 1.165) is 5.56 Å². The minimum Gasteiger partial charge on any atom is -0.350 e. The van der Waals surface area contributed by atoms with Gasteiger partial charge in [-0.1, -0.05) is 30.3 Å². The van der Waals surface area contributed by atoms with Crippen molar-refractivity contribution in [3.05, 3.63) is 70.8 Å². The molecular formula is C21H24ClN3O3. The smallest absolute Gasteiger partial charge is 0.261 e. The predicted octanol–water partition coefficient (Wildman–Crippen LogP) is 2.28. The Morgan fingerprint density at radius 1 is 1.04 bits per heavy atom. The molecule has 148 valence electrons. The van der Waals surface area contributed by atoms with Crippen molar-refractivity contribution in [3.8, 4) is 0 Å². The molecular weight excluding hydrogens is 378 g/mol. The standard InChI is InChI=1S/C21H23N3O3.ClH/c1-14(22-2)13-23-19(25)16-8-9-17-18(12-16)21(27)24(20(17)26)11-10-15-6-4-3-5-7-15;/h3-9,12,14,22H,10-11,13H2,1-2H3,(H,23,25);1H. The molecule has 3 rings (SSSR count). The first-order valence-corrected chi connectivity index (χ1v) is 9.01. The van der Waals surface area contributed by atoms with Crippen LogP contribution in [-0.4, -0.2) is 48.8 Å². The number of hydrogen-bond donors (Lipinski definition) is 2. The second kappa shape index (κ2) is 9.48. The van der Waals surface area contributed by atoms with Gasteiger partial charge in [0, 0.05) is 24.7 Å². The molecule has 0 saturated heterocycles. The second-order valence-electron chi connectivity index (χ2n) is 6.66. The van der Waals surface area contributed by atoms with E-state index >= 15 is 0 Å². The summed E-state index contributed by atoms with van der Waals surface area (Å²) in [5.41, 5.74) is 2.09. The molecule has 1 unspecified atom stereocenters. The van der Waals surface area contributed by atoms with Gasteiger partial charge in [-0.05, 0) is 44.2 Å². The van der Waals surface area contributed by atoms with E-state index in [1.807, 2.05) is 44.3 Å². The summed E-state index contributed by atoms with van der Waals surface area (Å²) in [5.74, 6) is -0.909. The van der Waals surface area contributed by atoms with Gasteiger partial charge < -0.3 is 10.6 Å². The minimum absolute atomic E-state index is 0. The van der Waals surface area contributed by atoms with Crippen LogP contribution >= 0.6 is 12.4 Å². The molecule has 0 aromatic heterocycles. The number of carbonyl (C=O) groups excluding carboxylic acids is 3. The normalized spacial score (nSPS) is 13.7. The van der Waals surface area contributed by atoms with Crippen LogP contribution in [0.15, 0.2) is 48.5 Å². The maximum Gasteiger partial charge on any atom is 0.261 e. The van der Waals surface area contributed by atoms with Gasteiger partial charge in [-0.2, -0.15) is 0 Å². The molecule has 2 aromatic carbocycles. The lowest BCUT2D eigenvalue weighted by molar-refractivity contribution is 0.0656. The number of halogens is 1. The summed E-state index contributed by atoms with van der Waals surface area (Å²) in [6.45, 7) is 2.75. The fraction of sp³-hybridized carbons (Fsp3) is 0.286. The summed E-state index contributed by atoms with van der Waals surface area (Å²) in [7, 11) is 1.82. The molecule has 0 spiro atoms. The Bertz CT molecular complexity index is 870. The fourth-order valence-electron chi connectivity index (χ4n) is 2.97. The summed E-state index contributed by atoms with van der Waals surface area (Å²) in [5, 5.41) is 5.85. The molecule has 1 heterocycles. The van der Waals surface area contributed by atoms with Gasteiger partial charge in [0.2, 0.25) is 0 Å². The van der Waals surface area contributed by atoms with Gasteiger partial charge in [0.25, 0.3) is 17.7 Å². The van der Waals surface area contributed by atoms with Crippen LogP contribution in [0.3, 0.4) is 0 Å². The third-order valence-corrected chi connectivity index (χ3v) is 4.76. The van der Waals surface area contributed by atoms with Crippen LogP contribution in [0.4, 0.5) is 0 Å². The first kappa shape index (κ1) is 21.6. The van der Waals surface area contributed by atoms with Crippen molar-refractivity contribution < 1.29 is 14.4 Å². The lowest BCUT2D eigenvalue weighted by Crippen LogP contribution is -2.37. The van der Waals surface area contributed by atoms with Crippen LogP contribution in [0, 0.1) is 0 Å². The summed E-state index contributed by atoms with van der Waals surface area (Å²) in [6, 6.07) is 14.5. The van der Waals surface area contributed by atoms with E-state index in [0.29, 0.717) is 36.2 Å². The molecule has 0 radical (unpaired) electrons. The maximum absolute atomic E-state index is 12.7. The Hall–Kier alpha value is -2.70. The average molecular weight is 402 g/mol. The molecule has 0 bridgehead atoms. The lowest BCUT2D eigenvalue weighted by atomic mass is 10.1. The molecule has 2 N–H and O–H groups in total. The zero-order chi connectivity index (χ0) is 19.4. The zero-order valence-electron chi connectivity index (χ0n) is 15.9. The number of benzene rings is 2. The maximum atomic E-state index is 12.7. The Morgan fingerprint density at radius 3 is 2.39 bits per heavy atom. The number of hydrogen-bond acceptors (Lipinski definition) is 4. The molecule has 6 nitrogen and oxygen atoms in total. The Kier molecular flexibility index (Phi) is 7.31. The van der Waals surface area contributed by atoms with Crippen LogP contribution in [0.5, 0.6) is 0 Å². The first-order valence-electron chi connectivity index (χ1n) is 9.01. The third-order valence-electron chi connectivity index (χ3n) is 4.76. The Labute approximate surface area is 170 Å². The predicted molar refractivity (Wildman–Crippen MR) is 110 cm³/mol. The molecule has 1 aliphatic rings. The Morgan fingerprint density at radius 2 is 1.71 bits per heavy atom. The number of nitrogens with zero attached hydrogens (tertiary/aromatic N) is 1. The van der Waals surface area contributed by atoms with Crippen molar-refractivity contribution in [3.63, 3.8) is 0 Å². The van der Waals surface area contributed by atoms with E-state index in [1.54, 1.807) is 12.1 Å². The summed E-state index contributed by atoms with van der Waals surface area (Å²) in [4.78, 5) is 38.8. The Balaban J connectivity index is 0.00000280. The van der Waals surface area contributed by atoms with Gasteiger partial charge in [-0.15, -0.1) is 12.4 Å². The average Bonchev–Trinajstić information content (AvgIpc) is 2.94. The largest absolute Gasteiger partial charge is 0.350 e. The lowest BCUT2D eigenvalue weighted by Gasteiger charge is -2.13. The highest BCUT2D eigenvalue weighted by Crippen LogP contribution is 2.24. The minimum atomic E-state index is -0.343. The molecule has 0 saturated carbocycles. The number of rotatable bonds is 7. The van der Waals surface area contributed by atoms with E-state index in [2.05, 4.69) is 10.6 Å². The topological polar surface area (TPSA) is 78.5 Å². The molecule has 0 fully saturated rings. The SMILES string of the molecule is CNC(C)CNC(=O)c1ccc2c(c1)C(=O)N(CCc1ccccc1)C2=O.Cl. The number of amides is 3. The van der Waals surface area contributed by atoms with Crippen molar-refractivity contribution in [2.75, 3.05) is 20.1 Å². The first-order chi connectivity index (χ1) is 13.0. The quantitative estimate of drug-likeness (QED) is 0.698. The van der Waals surface area contributed by atoms with Crippen molar-refractivity contribution in [1.29, 1.82) is 0 Å². The van der Waals surface area contributed by atoms with Gasteiger partial charge in [0.1, 0.15) is 0 Å². The molecule has 1 aliphatic heterocycles. The van der Waals surface area contributed by atoms with Gasteiger partial charge >= 0.3 is 0 Å². The highest BCUT2D eigenvalue weighted by Gasteiger charge is 2.35. The molecule has 0 aliphatic carbocycles. The van der Waals surface area contributed by atoms with Gasteiger partial charge in [-0.25, -0.2) is 0 Å².